The maximum Gasteiger partial charge on any atom is 0.252 e. The van der Waals surface area contributed by atoms with Gasteiger partial charge in [0, 0.05) is 43.7 Å². The summed E-state index contributed by atoms with van der Waals surface area (Å²) in [6.45, 7) is 6.91. The van der Waals surface area contributed by atoms with Gasteiger partial charge < -0.3 is 4.52 Å². The summed E-state index contributed by atoms with van der Waals surface area (Å²) in [5, 5.41) is 3.98. The molecule has 0 aliphatic carbocycles. The standard InChI is InChI=1S/C14H19N3O3S2/c1-11-9-13(15-20-11)10-16-5-7-17(8-6-16)22(18,19)14-4-3-12(2)21-14/h3-4,9H,5-8,10H2,1-2H3. The first kappa shape index (κ1) is 15.7. The highest BCUT2D eigenvalue weighted by Crippen LogP contribution is 2.25. The van der Waals surface area contributed by atoms with Crippen LogP contribution in [0.4, 0.5) is 0 Å². The lowest BCUT2D eigenvalue weighted by Crippen LogP contribution is -2.48. The van der Waals surface area contributed by atoms with Gasteiger partial charge in [-0.05, 0) is 26.0 Å². The van der Waals surface area contributed by atoms with Crippen molar-refractivity contribution in [2.24, 2.45) is 0 Å². The van der Waals surface area contributed by atoms with Gasteiger partial charge >= 0.3 is 0 Å². The lowest BCUT2D eigenvalue weighted by Gasteiger charge is -2.33. The molecule has 8 heteroatoms. The van der Waals surface area contributed by atoms with Crippen LogP contribution in [0.1, 0.15) is 16.3 Å². The molecule has 22 heavy (non-hydrogen) atoms. The molecular formula is C14H19N3O3S2. The Bertz CT molecular complexity index is 743. The largest absolute Gasteiger partial charge is 0.361 e. The summed E-state index contributed by atoms with van der Waals surface area (Å²) in [5.41, 5.74) is 0.891. The maximum atomic E-state index is 12.6. The second kappa shape index (κ2) is 6.11. The van der Waals surface area contributed by atoms with Gasteiger partial charge in [0.05, 0.1) is 5.69 Å². The van der Waals surface area contributed by atoms with E-state index >= 15 is 0 Å². The number of rotatable bonds is 4. The van der Waals surface area contributed by atoms with Crippen LogP contribution in [0, 0.1) is 13.8 Å². The smallest absolute Gasteiger partial charge is 0.252 e. The van der Waals surface area contributed by atoms with Crippen molar-refractivity contribution in [1.29, 1.82) is 0 Å². The number of hydrogen-bond acceptors (Lipinski definition) is 6. The third-order valence-corrected chi connectivity index (χ3v) is 7.07. The van der Waals surface area contributed by atoms with Gasteiger partial charge in [0.25, 0.3) is 10.0 Å². The average Bonchev–Trinajstić information content (AvgIpc) is 3.09. The predicted molar refractivity (Wildman–Crippen MR) is 84.3 cm³/mol. The molecule has 0 radical (unpaired) electrons. The van der Waals surface area contributed by atoms with Crippen molar-refractivity contribution in [2.75, 3.05) is 26.2 Å². The van der Waals surface area contributed by atoms with Crippen molar-refractivity contribution in [3.8, 4) is 0 Å². The van der Waals surface area contributed by atoms with Crippen molar-refractivity contribution in [2.45, 2.75) is 24.6 Å². The third-order valence-electron chi connectivity index (χ3n) is 3.70. The maximum absolute atomic E-state index is 12.6. The minimum atomic E-state index is -3.34. The Morgan fingerprint density at radius 1 is 1.23 bits per heavy atom. The first-order chi connectivity index (χ1) is 10.4. The van der Waals surface area contributed by atoms with E-state index in [9.17, 15) is 8.42 Å². The van der Waals surface area contributed by atoms with Crippen molar-refractivity contribution in [1.82, 2.24) is 14.4 Å². The Kier molecular flexibility index (Phi) is 4.35. The fourth-order valence-electron chi connectivity index (χ4n) is 2.53. The van der Waals surface area contributed by atoms with E-state index in [4.69, 9.17) is 4.52 Å². The van der Waals surface area contributed by atoms with E-state index in [1.165, 1.54) is 11.3 Å². The highest BCUT2D eigenvalue weighted by molar-refractivity contribution is 7.91. The SMILES string of the molecule is Cc1cc(CN2CCN(S(=O)(=O)c3ccc(C)s3)CC2)no1. The Labute approximate surface area is 134 Å². The van der Waals surface area contributed by atoms with Crippen LogP contribution in [0.15, 0.2) is 26.9 Å². The molecule has 0 saturated carbocycles. The van der Waals surface area contributed by atoms with Crippen molar-refractivity contribution < 1.29 is 12.9 Å². The van der Waals surface area contributed by atoms with E-state index in [0.29, 0.717) is 36.9 Å². The molecule has 1 saturated heterocycles. The molecule has 0 N–H and O–H groups in total. The summed E-state index contributed by atoms with van der Waals surface area (Å²) in [4.78, 5) is 3.21. The van der Waals surface area contributed by atoms with Gasteiger partial charge in [-0.3, -0.25) is 4.90 Å². The molecule has 6 nitrogen and oxygen atoms in total. The first-order valence-electron chi connectivity index (χ1n) is 7.16. The van der Waals surface area contributed by atoms with Crippen LogP contribution in [0.5, 0.6) is 0 Å². The van der Waals surface area contributed by atoms with Gasteiger partial charge in [-0.15, -0.1) is 11.3 Å². The molecule has 0 bridgehead atoms. The fourth-order valence-corrected chi connectivity index (χ4v) is 5.39. The minimum absolute atomic E-state index is 0.436. The molecule has 1 fully saturated rings. The average molecular weight is 341 g/mol. The molecule has 0 aromatic carbocycles. The van der Waals surface area contributed by atoms with E-state index < -0.39 is 10.0 Å². The summed E-state index contributed by atoms with van der Waals surface area (Å²) in [6, 6.07) is 5.46. The molecule has 120 valence electrons. The predicted octanol–water partition coefficient (Wildman–Crippen LogP) is 1.86. The molecule has 0 atom stereocenters. The topological polar surface area (TPSA) is 66.7 Å². The lowest BCUT2D eigenvalue weighted by molar-refractivity contribution is 0.178. The van der Waals surface area contributed by atoms with Crippen molar-refractivity contribution in [3.63, 3.8) is 0 Å². The van der Waals surface area contributed by atoms with Gasteiger partial charge in [-0.25, -0.2) is 8.42 Å². The van der Waals surface area contributed by atoms with E-state index in [1.54, 1.807) is 10.4 Å². The highest BCUT2D eigenvalue weighted by Gasteiger charge is 2.29. The van der Waals surface area contributed by atoms with Crippen LogP contribution in [0.25, 0.3) is 0 Å². The van der Waals surface area contributed by atoms with E-state index in [0.717, 1.165) is 16.3 Å². The summed E-state index contributed by atoms with van der Waals surface area (Å²) < 4.78 is 32.2. The molecule has 0 unspecified atom stereocenters. The number of aromatic nitrogens is 1. The normalized spacial score (nSPS) is 17.9. The van der Waals surface area contributed by atoms with Gasteiger partial charge in [0.1, 0.15) is 9.97 Å². The summed E-state index contributed by atoms with van der Waals surface area (Å²) >= 11 is 1.33. The zero-order chi connectivity index (χ0) is 15.7. The molecule has 3 heterocycles. The van der Waals surface area contributed by atoms with Crippen molar-refractivity contribution in [3.05, 3.63) is 34.5 Å². The zero-order valence-corrected chi connectivity index (χ0v) is 14.3. The van der Waals surface area contributed by atoms with Gasteiger partial charge in [0.15, 0.2) is 0 Å². The Morgan fingerprint density at radius 2 is 1.95 bits per heavy atom. The Balaban J connectivity index is 1.61. The molecule has 0 spiro atoms. The molecule has 2 aromatic rings. The molecule has 2 aromatic heterocycles. The summed E-state index contributed by atoms with van der Waals surface area (Å²) in [6.07, 6.45) is 0. The fraction of sp³-hybridized carbons (Fsp3) is 0.500. The molecule has 1 aliphatic rings. The van der Waals surface area contributed by atoms with Gasteiger partial charge in [0.2, 0.25) is 0 Å². The number of nitrogens with zero attached hydrogens (tertiary/aromatic N) is 3. The van der Waals surface area contributed by atoms with Crippen LogP contribution in [-0.4, -0.2) is 49.0 Å². The number of aryl methyl sites for hydroxylation is 2. The number of thiophene rings is 1. The van der Waals surface area contributed by atoms with Crippen LogP contribution in [-0.2, 0) is 16.6 Å². The second-order valence-electron chi connectivity index (χ2n) is 5.47. The number of piperazine rings is 1. The Morgan fingerprint density at radius 3 is 2.50 bits per heavy atom. The monoisotopic (exact) mass is 341 g/mol. The highest BCUT2D eigenvalue weighted by atomic mass is 32.2. The summed E-state index contributed by atoms with van der Waals surface area (Å²) in [7, 11) is -3.34. The van der Waals surface area contributed by atoms with E-state index in [2.05, 4.69) is 10.1 Å². The molecular weight excluding hydrogens is 322 g/mol. The van der Waals surface area contributed by atoms with E-state index in [-0.39, 0.29) is 0 Å². The zero-order valence-electron chi connectivity index (χ0n) is 12.7. The van der Waals surface area contributed by atoms with Crippen LogP contribution >= 0.6 is 11.3 Å². The third kappa shape index (κ3) is 3.24. The number of sulfonamides is 1. The Hall–Kier alpha value is -1.22. The van der Waals surface area contributed by atoms with Crippen molar-refractivity contribution >= 4 is 21.4 Å². The number of hydrogen-bond donors (Lipinski definition) is 0. The molecule has 0 amide bonds. The quantitative estimate of drug-likeness (QED) is 0.849. The summed E-state index contributed by atoms with van der Waals surface area (Å²) in [5.74, 6) is 0.796. The molecule has 1 aliphatic heterocycles. The molecule has 3 rings (SSSR count). The lowest BCUT2D eigenvalue weighted by atomic mass is 10.3. The first-order valence-corrected chi connectivity index (χ1v) is 9.42. The van der Waals surface area contributed by atoms with Crippen LogP contribution in [0.2, 0.25) is 0 Å². The van der Waals surface area contributed by atoms with Crippen LogP contribution in [0.3, 0.4) is 0 Å². The van der Waals surface area contributed by atoms with Crippen LogP contribution < -0.4 is 0 Å². The van der Waals surface area contributed by atoms with Gasteiger partial charge in [-0.1, -0.05) is 5.16 Å². The van der Waals surface area contributed by atoms with E-state index in [1.807, 2.05) is 26.0 Å². The second-order valence-corrected chi connectivity index (χ2v) is 8.93. The van der Waals surface area contributed by atoms with Gasteiger partial charge in [-0.2, -0.15) is 4.31 Å². The minimum Gasteiger partial charge on any atom is -0.361 e.